The summed E-state index contributed by atoms with van der Waals surface area (Å²) in [5.41, 5.74) is 0.432. The van der Waals surface area contributed by atoms with Crippen LogP contribution in [0.3, 0.4) is 0 Å². The molecule has 1 aliphatic rings. The summed E-state index contributed by atoms with van der Waals surface area (Å²) in [6.45, 7) is 1.12. The second-order valence-corrected chi connectivity index (χ2v) is 8.52. The maximum Gasteiger partial charge on any atom is 0.227 e. The zero-order valence-electron chi connectivity index (χ0n) is 16.2. The van der Waals surface area contributed by atoms with Gasteiger partial charge in [-0.15, -0.1) is 11.3 Å². The Morgan fingerprint density at radius 1 is 1.06 bits per heavy atom. The third-order valence-corrected chi connectivity index (χ3v) is 6.70. The molecule has 1 aliphatic heterocycles. The minimum Gasteiger partial charge on any atom is -0.355 e. The molecule has 5 nitrogen and oxygen atoms in total. The predicted molar refractivity (Wildman–Crippen MR) is 115 cm³/mol. The average molecular weight is 442 g/mol. The topological polar surface area (TPSA) is 58.1 Å². The van der Waals surface area contributed by atoms with Gasteiger partial charge in [0.25, 0.3) is 0 Å². The van der Waals surface area contributed by atoms with Gasteiger partial charge in [-0.05, 0) is 37.1 Å². The van der Waals surface area contributed by atoms with Crippen molar-refractivity contribution in [2.75, 3.05) is 23.3 Å². The van der Waals surface area contributed by atoms with Gasteiger partial charge >= 0.3 is 0 Å². The molecule has 2 aromatic heterocycles. The summed E-state index contributed by atoms with van der Waals surface area (Å²) in [5.74, 6) is -1.53. The molecule has 0 aliphatic carbocycles. The van der Waals surface area contributed by atoms with Crippen LogP contribution in [0.2, 0.25) is 0 Å². The van der Waals surface area contributed by atoms with Gasteiger partial charge in [0, 0.05) is 29.8 Å². The highest BCUT2D eigenvalue weighted by molar-refractivity contribution is 7.26. The summed E-state index contributed by atoms with van der Waals surface area (Å²) in [6, 6.07) is 7.91. The Kier molecular flexibility index (Phi) is 4.97. The highest BCUT2D eigenvalue weighted by Gasteiger charge is 2.28. The van der Waals surface area contributed by atoms with Crippen molar-refractivity contribution in [1.82, 2.24) is 9.97 Å². The Bertz CT molecular complexity index is 1300. The number of hydrogen-bond donors (Lipinski definition) is 1. The van der Waals surface area contributed by atoms with E-state index in [1.165, 1.54) is 23.7 Å². The molecule has 31 heavy (non-hydrogen) atoms. The van der Waals surface area contributed by atoms with Crippen LogP contribution in [0.15, 0.2) is 42.7 Å². The Hall–Kier alpha value is -3.20. The van der Waals surface area contributed by atoms with E-state index in [1.807, 2.05) is 6.07 Å². The molecule has 0 spiro atoms. The van der Waals surface area contributed by atoms with Crippen molar-refractivity contribution in [1.29, 1.82) is 0 Å². The van der Waals surface area contributed by atoms with E-state index in [0.29, 0.717) is 36.8 Å². The summed E-state index contributed by atoms with van der Waals surface area (Å²) in [5, 5.41) is 2.99. The van der Waals surface area contributed by atoms with E-state index in [4.69, 9.17) is 0 Å². The van der Waals surface area contributed by atoms with Gasteiger partial charge in [0.1, 0.15) is 29.6 Å². The zero-order valence-corrected chi connectivity index (χ0v) is 17.1. The number of nitrogens with zero attached hydrogens (tertiary/aromatic N) is 3. The number of fused-ring (bicyclic) bond motifs is 3. The van der Waals surface area contributed by atoms with Gasteiger partial charge in [0.05, 0.1) is 21.3 Å². The number of carbonyl (C=O) groups excluding carboxylic acids is 1. The number of carbonyl (C=O) groups is 1. The molecule has 158 valence electrons. The Balaban J connectivity index is 1.34. The molecule has 9 heteroatoms. The Labute approximate surface area is 179 Å². The number of anilines is 2. The van der Waals surface area contributed by atoms with Crippen molar-refractivity contribution < 1.29 is 18.0 Å². The van der Waals surface area contributed by atoms with Crippen molar-refractivity contribution in [3.63, 3.8) is 0 Å². The van der Waals surface area contributed by atoms with Gasteiger partial charge < -0.3 is 10.2 Å². The highest BCUT2D eigenvalue weighted by Crippen LogP contribution is 2.39. The summed E-state index contributed by atoms with van der Waals surface area (Å²) in [6.07, 6.45) is 2.50. The number of halogens is 3. The first-order valence-corrected chi connectivity index (χ1v) is 10.7. The molecular weight excluding hydrogens is 425 g/mol. The van der Waals surface area contributed by atoms with Crippen LogP contribution in [-0.2, 0) is 4.79 Å². The van der Waals surface area contributed by atoms with Gasteiger partial charge in [-0.25, -0.2) is 23.1 Å². The van der Waals surface area contributed by atoms with Crippen molar-refractivity contribution in [2.24, 2.45) is 5.92 Å². The minimum absolute atomic E-state index is 0.155. The minimum atomic E-state index is -0.674. The van der Waals surface area contributed by atoms with Gasteiger partial charge in [0.2, 0.25) is 5.91 Å². The SMILES string of the molecule is O=C(Nc1cc(F)ccc1F)C1CCN(c2ncnc3c2sc2cccc(F)c23)CC1. The van der Waals surface area contributed by atoms with Crippen LogP contribution in [0, 0.1) is 23.4 Å². The number of hydrogen-bond acceptors (Lipinski definition) is 5. The number of aromatic nitrogens is 2. The summed E-state index contributed by atoms with van der Waals surface area (Å²) in [4.78, 5) is 23.3. The third-order valence-electron chi connectivity index (χ3n) is 5.56. The van der Waals surface area contributed by atoms with Crippen LogP contribution in [0.4, 0.5) is 24.7 Å². The number of piperidine rings is 1. The fourth-order valence-corrected chi connectivity index (χ4v) is 5.16. The van der Waals surface area contributed by atoms with Crippen LogP contribution in [0.5, 0.6) is 0 Å². The van der Waals surface area contributed by atoms with E-state index in [0.717, 1.165) is 33.4 Å². The van der Waals surface area contributed by atoms with E-state index in [2.05, 4.69) is 20.2 Å². The molecule has 1 fully saturated rings. The fraction of sp³-hybridized carbons (Fsp3) is 0.227. The molecule has 0 radical (unpaired) electrons. The molecule has 1 saturated heterocycles. The molecule has 0 unspecified atom stereocenters. The van der Waals surface area contributed by atoms with Gasteiger partial charge in [-0.1, -0.05) is 6.07 Å². The first-order chi connectivity index (χ1) is 15.0. The van der Waals surface area contributed by atoms with E-state index in [1.54, 1.807) is 6.07 Å². The van der Waals surface area contributed by atoms with Crippen molar-refractivity contribution in [3.05, 3.63) is 60.2 Å². The first-order valence-electron chi connectivity index (χ1n) is 9.84. The van der Waals surface area contributed by atoms with E-state index >= 15 is 0 Å². The molecule has 0 atom stereocenters. The van der Waals surface area contributed by atoms with Crippen LogP contribution >= 0.6 is 11.3 Å². The van der Waals surface area contributed by atoms with Crippen molar-refractivity contribution >= 4 is 49.1 Å². The number of rotatable bonds is 3. The molecule has 3 heterocycles. The normalized spacial score (nSPS) is 15.0. The lowest BCUT2D eigenvalue weighted by molar-refractivity contribution is -0.120. The van der Waals surface area contributed by atoms with Crippen molar-refractivity contribution in [3.8, 4) is 0 Å². The summed E-state index contributed by atoms with van der Waals surface area (Å²) < 4.78 is 43.1. The van der Waals surface area contributed by atoms with E-state index in [9.17, 15) is 18.0 Å². The smallest absolute Gasteiger partial charge is 0.227 e. The molecule has 0 bridgehead atoms. The lowest BCUT2D eigenvalue weighted by Crippen LogP contribution is -2.38. The maximum atomic E-state index is 14.3. The lowest BCUT2D eigenvalue weighted by Gasteiger charge is -2.32. The Morgan fingerprint density at radius 2 is 1.87 bits per heavy atom. The molecule has 1 N–H and O–H groups in total. The number of nitrogens with one attached hydrogen (secondary N) is 1. The Morgan fingerprint density at radius 3 is 2.68 bits per heavy atom. The first kappa shape index (κ1) is 19.7. The quantitative estimate of drug-likeness (QED) is 0.479. The molecule has 5 rings (SSSR count). The second kappa shape index (κ2) is 7.81. The second-order valence-electron chi connectivity index (χ2n) is 7.46. The number of benzene rings is 2. The van der Waals surface area contributed by atoms with Crippen molar-refractivity contribution in [2.45, 2.75) is 12.8 Å². The van der Waals surface area contributed by atoms with Crippen LogP contribution in [0.1, 0.15) is 12.8 Å². The summed E-state index contributed by atoms with van der Waals surface area (Å²) in [7, 11) is 0. The monoisotopic (exact) mass is 442 g/mol. The average Bonchev–Trinajstić information content (AvgIpc) is 3.16. The molecule has 1 amide bonds. The fourth-order valence-electron chi connectivity index (χ4n) is 3.97. The maximum absolute atomic E-state index is 14.3. The third kappa shape index (κ3) is 3.59. The van der Waals surface area contributed by atoms with E-state index in [-0.39, 0.29) is 23.3 Å². The molecule has 0 saturated carbocycles. The number of thiophene rings is 1. The van der Waals surface area contributed by atoms with Crippen LogP contribution < -0.4 is 10.2 Å². The van der Waals surface area contributed by atoms with Gasteiger partial charge in [0.15, 0.2) is 0 Å². The van der Waals surface area contributed by atoms with E-state index < -0.39 is 11.6 Å². The lowest BCUT2D eigenvalue weighted by atomic mass is 9.95. The largest absolute Gasteiger partial charge is 0.355 e. The van der Waals surface area contributed by atoms with Gasteiger partial charge in [-0.3, -0.25) is 4.79 Å². The standard InChI is InChI=1S/C22H17F3N4OS/c23-13-4-5-14(24)16(10-13)28-22(30)12-6-8-29(9-7-12)21-20-19(26-11-27-21)18-15(25)2-1-3-17(18)31-20/h1-5,10-12H,6-9H2,(H,28,30). The zero-order chi connectivity index (χ0) is 21.5. The number of amides is 1. The van der Waals surface area contributed by atoms with Gasteiger partial charge in [-0.2, -0.15) is 0 Å². The van der Waals surface area contributed by atoms with Crippen LogP contribution in [0.25, 0.3) is 20.3 Å². The van der Waals surface area contributed by atoms with Crippen LogP contribution in [-0.4, -0.2) is 29.0 Å². The highest BCUT2D eigenvalue weighted by atomic mass is 32.1. The molecule has 2 aromatic carbocycles. The molecular formula is C22H17F3N4OS. The summed E-state index contributed by atoms with van der Waals surface area (Å²) >= 11 is 1.44. The predicted octanol–water partition coefficient (Wildman–Crippen LogP) is 5.12. The molecule has 4 aromatic rings.